The fourth-order valence-corrected chi connectivity index (χ4v) is 3.88. The Labute approximate surface area is 249 Å². The third kappa shape index (κ3) is 7.89. The summed E-state index contributed by atoms with van der Waals surface area (Å²) in [6.07, 6.45) is 1.29. The first kappa shape index (κ1) is 29.7. The van der Waals surface area contributed by atoms with Crippen LogP contribution >= 0.6 is 15.9 Å². The van der Waals surface area contributed by atoms with E-state index in [4.69, 9.17) is 9.47 Å². The Bertz CT molecular complexity index is 1650. The predicted octanol–water partition coefficient (Wildman–Crippen LogP) is 5.33. The fourth-order valence-electron chi connectivity index (χ4n) is 3.61. The molecule has 0 heterocycles. The van der Waals surface area contributed by atoms with Gasteiger partial charge in [0.25, 0.3) is 5.91 Å². The monoisotopic (exact) mass is 628 g/mol. The van der Waals surface area contributed by atoms with Crippen molar-refractivity contribution in [1.29, 1.82) is 0 Å². The number of methoxy groups -OCH3 is 1. The lowest BCUT2D eigenvalue weighted by Gasteiger charge is -2.11. The molecule has 0 atom stereocenters. The van der Waals surface area contributed by atoms with Crippen LogP contribution in [0, 0.1) is 6.92 Å². The standard InChI is InChI=1S/C31H25BrN4O6/c1-19-7-10-21(11-8-19)31(40)42-26-16-9-20(17-27(26)41-2)18-33-36-30(39)29(38)35-25-6-4-3-5-24(25)28(37)34-23-14-12-22(32)13-15-23/h3-18H,1-2H3,(H,34,37)(H,35,38)(H,36,39)/b33-18-. The molecular weight excluding hydrogens is 604 g/mol. The van der Waals surface area contributed by atoms with Crippen LogP contribution in [0.1, 0.15) is 31.8 Å². The second-order valence-electron chi connectivity index (χ2n) is 8.83. The maximum Gasteiger partial charge on any atom is 0.343 e. The number of para-hydroxylation sites is 1. The van der Waals surface area contributed by atoms with Gasteiger partial charge < -0.3 is 20.1 Å². The van der Waals surface area contributed by atoms with Crippen molar-refractivity contribution in [3.05, 3.63) is 118 Å². The molecule has 0 saturated heterocycles. The van der Waals surface area contributed by atoms with Crippen LogP contribution in [-0.2, 0) is 9.59 Å². The van der Waals surface area contributed by atoms with E-state index in [0.717, 1.165) is 10.0 Å². The first-order chi connectivity index (χ1) is 20.2. The van der Waals surface area contributed by atoms with Crippen molar-refractivity contribution in [2.24, 2.45) is 5.10 Å². The van der Waals surface area contributed by atoms with Gasteiger partial charge in [-0.2, -0.15) is 5.10 Å². The van der Waals surface area contributed by atoms with E-state index in [0.29, 0.717) is 16.8 Å². The molecule has 0 fully saturated rings. The summed E-state index contributed by atoms with van der Waals surface area (Å²) in [6.45, 7) is 1.92. The molecular formula is C31H25BrN4O6. The minimum atomic E-state index is -1.05. The van der Waals surface area contributed by atoms with Crippen molar-refractivity contribution in [3.63, 3.8) is 0 Å². The van der Waals surface area contributed by atoms with Crippen molar-refractivity contribution in [2.45, 2.75) is 6.92 Å². The first-order valence-electron chi connectivity index (χ1n) is 12.5. The number of nitrogens with one attached hydrogen (secondary N) is 3. The highest BCUT2D eigenvalue weighted by Crippen LogP contribution is 2.28. The lowest BCUT2D eigenvalue weighted by atomic mass is 10.1. The summed E-state index contributed by atoms with van der Waals surface area (Å²) in [5, 5.41) is 8.99. The zero-order chi connectivity index (χ0) is 30.1. The molecule has 212 valence electrons. The Kier molecular flexibility index (Phi) is 9.80. The summed E-state index contributed by atoms with van der Waals surface area (Å²) >= 11 is 3.34. The number of carbonyl (C=O) groups excluding carboxylic acids is 4. The molecule has 42 heavy (non-hydrogen) atoms. The average Bonchev–Trinajstić information content (AvgIpc) is 2.99. The number of nitrogens with zero attached hydrogens (tertiary/aromatic N) is 1. The average molecular weight is 629 g/mol. The van der Waals surface area contributed by atoms with Gasteiger partial charge in [0.1, 0.15) is 0 Å². The molecule has 3 N–H and O–H groups in total. The van der Waals surface area contributed by atoms with E-state index in [1.807, 2.05) is 19.1 Å². The molecule has 0 spiro atoms. The number of hydrogen-bond donors (Lipinski definition) is 3. The highest BCUT2D eigenvalue weighted by Gasteiger charge is 2.18. The molecule has 0 aromatic heterocycles. The summed E-state index contributed by atoms with van der Waals surface area (Å²) < 4.78 is 11.6. The molecule has 4 aromatic rings. The van der Waals surface area contributed by atoms with Crippen LogP contribution in [0.4, 0.5) is 11.4 Å². The van der Waals surface area contributed by atoms with Gasteiger partial charge in [-0.1, -0.05) is 45.8 Å². The molecule has 0 bridgehead atoms. The minimum absolute atomic E-state index is 0.150. The van der Waals surface area contributed by atoms with Gasteiger partial charge in [0.05, 0.1) is 30.1 Å². The molecule has 0 aliphatic carbocycles. The van der Waals surface area contributed by atoms with Gasteiger partial charge in [0.15, 0.2) is 11.5 Å². The van der Waals surface area contributed by atoms with E-state index >= 15 is 0 Å². The zero-order valence-electron chi connectivity index (χ0n) is 22.5. The van der Waals surface area contributed by atoms with Crippen LogP contribution in [-0.4, -0.2) is 37.0 Å². The second kappa shape index (κ2) is 13.9. The van der Waals surface area contributed by atoms with Crippen molar-refractivity contribution in [2.75, 3.05) is 17.7 Å². The van der Waals surface area contributed by atoms with Crippen LogP contribution in [0.15, 0.2) is 101 Å². The molecule has 0 radical (unpaired) electrons. The minimum Gasteiger partial charge on any atom is -0.493 e. The quantitative estimate of drug-likeness (QED) is 0.0794. The number of anilines is 2. The Morgan fingerprint density at radius 2 is 1.52 bits per heavy atom. The molecule has 0 aliphatic heterocycles. The van der Waals surface area contributed by atoms with Crippen LogP contribution < -0.4 is 25.5 Å². The summed E-state index contributed by atoms with van der Waals surface area (Å²) in [5.41, 5.74) is 4.92. The smallest absolute Gasteiger partial charge is 0.343 e. The Balaban J connectivity index is 1.35. The number of esters is 1. The SMILES string of the molecule is COc1cc(/C=N\NC(=O)C(=O)Nc2ccccc2C(=O)Nc2ccc(Br)cc2)ccc1OC(=O)c1ccc(C)cc1. The summed E-state index contributed by atoms with van der Waals surface area (Å²) in [4.78, 5) is 50.1. The number of amides is 3. The number of halogens is 1. The lowest BCUT2D eigenvalue weighted by Crippen LogP contribution is -2.33. The highest BCUT2D eigenvalue weighted by atomic mass is 79.9. The van der Waals surface area contributed by atoms with E-state index in [2.05, 4.69) is 37.1 Å². The van der Waals surface area contributed by atoms with E-state index in [-0.39, 0.29) is 22.7 Å². The maximum atomic E-state index is 12.8. The van der Waals surface area contributed by atoms with Crippen LogP contribution in [0.2, 0.25) is 0 Å². The number of hydrazone groups is 1. The second-order valence-corrected chi connectivity index (χ2v) is 9.74. The molecule has 4 aromatic carbocycles. The van der Waals surface area contributed by atoms with Gasteiger partial charge in [-0.3, -0.25) is 14.4 Å². The normalized spacial score (nSPS) is 10.5. The van der Waals surface area contributed by atoms with Crippen LogP contribution in [0.5, 0.6) is 11.5 Å². The zero-order valence-corrected chi connectivity index (χ0v) is 24.1. The molecule has 0 unspecified atom stereocenters. The van der Waals surface area contributed by atoms with Gasteiger partial charge in [-0.05, 0) is 79.2 Å². The molecule has 0 aliphatic rings. The number of benzene rings is 4. The van der Waals surface area contributed by atoms with Crippen molar-refractivity contribution in [1.82, 2.24) is 5.43 Å². The largest absolute Gasteiger partial charge is 0.493 e. The fraction of sp³-hybridized carbons (Fsp3) is 0.0645. The highest BCUT2D eigenvalue weighted by molar-refractivity contribution is 9.10. The predicted molar refractivity (Wildman–Crippen MR) is 162 cm³/mol. The number of rotatable bonds is 8. The Hall–Kier alpha value is -5.29. The Morgan fingerprint density at radius 1 is 0.810 bits per heavy atom. The summed E-state index contributed by atoms with van der Waals surface area (Å²) in [5.74, 6) is -2.61. The lowest BCUT2D eigenvalue weighted by molar-refractivity contribution is -0.136. The van der Waals surface area contributed by atoms with Gasteiger partial charge in [-0.25, -0.2) is 10.2 Å². The van der Waals surface area contributed by atoms with E-state index in [9.17, 15) is 19.2 Å². The molecule has 10 nitrogen and oxygen atoms in total. The van der Waals surface area contributed by atoms with Gasteiger partial charge >= 0.3 is 17.8 Å². The summed E-state index contributed by atoms with van der Waals surface area (Å²) in [7, 11) is 1.42. The number of carbonyl (C=O) groups is 4. The first-order valence-corrected chi connectivity index (χ1v) is 13.3. The van der Waals surface area contributed by atoms with E-state index in [1.165, 1.54) is 31.5 Å². The number of hydrogen-bond acceptors (Lipinski definition) is 7. The van der Waals surface area contributed by atoms with Crippen molar-refractivity contribution in [3.8, 4) is 11.5 Å². The van der Waals surface area contributed by atoms with Gasteiger partial charge in [0, 0.05) is 10.2 Å². The van der Waals surface area contributed by atoms with E-state index < -0.39 is 23.7 Å². The topological polar surface area (TPSA) is 135 Å². The number of aryl methyl sites for hydroxylation is 1. The molecule has 4 rings (SSSR count). The van der Waals surface area contributed by atoms with Gasteiger partial charge in [-0.15, -0.1) is 0 Å². The maximum absolute atomic E-state index is 12.8. The molecule has 3 amide bonds. The molecule has 11 heteroatoms. The third-order valence-electron chi connectivity index (χ3n) is 5.79. The van der Waals surface area contributed by atoms with Crippen molar-refractivity contribution < 1.29 is 28.7 Å². The van der Waals surface area contributed by atoms with E-state index in [1.54, 1.807) is 60.7 Å². The third-order valence-corrected chi connectivity index (χ3v) is 6.31. The van der Waals surface area contributed by atoms with Crippen LogP contribution in [0.3, 0.4) is 0 Å². The molecule has 0 saturated carbocycles. The van der Waals surface area contributed by atoms with Gasteiger partial charge in [0.2, 0.25) is 0 Å². The Morgan fingerprint density at radius 3 is 2.24 bits per heavy atom. The number of ether oxygens (including phenoxy) is 2. The van der Waals surface area contributed by atoms with Crippen molar-refractivity contribution >= 4 is 57.2 Å². The van der Waals surface area contributed by atoms with Crippen LogP contribution in [0.25, 0.3) is 0 Å². The summed E-state index contributed by atoms with van der Waals surface area (Å²) in [6, 6.07) is 24.9.